The minimum absolute atomic E-state index is 1.00. The number of hydrogen-bond donors (Lipinski definition) is 0. The van der Waals surface area contributed by atoms with Crippen LogP contribution >= 0.6 is 0 Å². The van der Waals surface area contributed by atoms with Crippen molar-refractivity contribution in [2.45, 2.75) is 51.9 Å². The molecule has 2 rings (SSSR count). The van der Waals surface area contributed by atoms with Crippen LogP contribution in [0.2, 0.25) is 0 Å². The summed E-state index contributed by atoms with van der Waals surface area (Å²) in [6.07, 6.45) is 9.99. The highest BCUT2D eigenvalue weighted by Crippen LogP contribution is 2.22. The SMILES string of the molecule is C1CCOC1.CC1CCCCC1. The molecule has 0 aromatic carbocycles. The van der Waals surface area contributed by atoms with E-state index >= 15 is 0 Å². The van der Waals surface area contributed by atoms with Gasteiger partial charge in [-0.3, -0.25) is 0 Å². The maximum atomic E-state index is 4.94. The molecule has 0 unspecified atom stereocenters. The zero-order valence-electron chi connectivity index (χ0n) is 8.35. The highest BCUT2D eigenvalue weighted by molar-refractivity contribution is 4.59. The zero-order chi connectivity index (χ0) is 8.65. The van der Waals surface area contributed by atoms with Crippen LogP contribution in [0.5, 0.6) is 0 Å². The molecule has 0 amide bonds. The Bertz CT molecular complexity index is 83.6. The van der Waals surface area contributed by atoms with E-state index in [1.54, 1.807) is 0 Å². The van der Waals surface area contributed by atoms with Gasteiger partial charge < -0.3 is 4.74 Å². The third-order valence-corrected chi connectivity index (χ3v) is 2.72. The van der Waals surface area contributed by atoms with E-state index in [9.17, 15) is 0 Å². The van der Waals surface area contributed by atoms with Gasteiger partial charge in [0.25, 0.3) is 0 Å². The predicted molar refractivity (Wildman–Crippen MR) is 52.3 cm³/mol. The van der Waals surface area contributed by atoms with Gasteiger partial charge >= 0.3 is 0 Å². The fourth-order valence-electron chi connectivity index (χ4n) is 1.82. The third-order valence-electron chi connectivity index (χ3n) is 2.72. The summed E-state index contributed by atoms with van der Waals surface area (Å²) in [4.78, 5) is 0. The summed E-state index contributed by atoms with van der Waals surface area (Å²) in [5, 5.41) is 0. The summed E-state index contributed by atoms with van der Waals surface area (Å²) in [7, 11) is 0. The van der Waals surface area contributed by atoms with E-state index in [0.29, 0.717) is 0 Å². The standard InChI is InChI=1S/C7H14.C4H8O/c1-7-5-3-2-4-6-7;1-2-4-5-3-1/h7H,2-6H2,1H3;1-4H2. The summed E-state index contributed by atoms with van der Waals surface area (Å²) >= 11 is 0. The van der Waals surface area contributed by atoms with E-state index in [0.717, 1.165) is 19.1 Å². The van der Waals surface area contributed by atoms with Gasteiger partial charge in [-0.2, -0.15) is 0 Å². The van der Waals surface area contributed by atoms with Crippen LogP contribution in [-0.2, 0) is 4.74 Å². The minimum Gasteiger partial charge on any atom is -0.381 e. The topological polar surface area (TPSA) is 9.23 Å². The Kier molecular flexibility index (Phi) is 5.42. The average Bonchev–Trinajstić information content (AvgIpc) is 2.62. The zero-order valence-corrected chi connectivity index (χ0v) is 8.35. The van der Waals surface area contributed by atoms with E-state index in [4.69, 9.17) is 4.74 Å². The molecule has 1 aliphatic heterocycles. The lowest BCUT2D eigenvalue weighted by Crippen LogP contribution is -1.99. The van der Waals surface area contributed by atoms with Crippen molar-refractivity contribution in [1.29, 1.82) is 0 Å². The fourth-order valence-corrected chi connectivity index (χ4v) is 1.82. The van der Waals surface area contributed by atoms with Crippen LogP contribution in [0.3, 0.4) is 0 Å². The normalized spacial score (nSPS) is 24.8. The molecule has 1 nitrogen and oxygen atoms in total. The molecule has 0 aromatic heterocycles. The molecule has 1 heteroatoms. The summed E-state index contributed by atoms with van der Waals surface area (Å²) in [5.41, 5.74) is 0. The van der Waals surface area contributed by atoms with Crippen molar-refractivity contribution in [1.82, 2.24) is 0 Å². The first-order valence-electron chi connectivity index (χ1n) is 5.47. The van der Waals surface area contributed by atoms with Crippen molar-refractivity contribution in [2.75, 3.05) is 13.2 Å². The lowest BCUT2D eigenvalue weighted by Gasteiger charge is -2.15. The Hall–Kier alpha value is -0.0400. The molecule has 1 saturated heterocycles. The van der Waals surface area contributed by atoms with Crippen molar-refractivity contribution in [2.24, 2.45) is 5.92 Å². The predicted octanol–water partition coefficient (Wildman–Crippen LogP) is 3.38. The van der Waals surface area contributed by atoms with Gasteiger partial charge in [-0.05, 0) is 18.8 Å². The van der Waals surface area contributed by atoms with Gasteiger partial charge in [0.1, 0.15) is 0 Å². The first kappa shape index (κ1) is 10.0. The highest BCUT2D eigenvalue weighted by atomic mass is 16.5. The Balaban J connectivity index is 0.000000127. The Labute approximate surface area is 76.5 Å². The lowest BCUT2D eigenvalue weighted by molar-refractivity contribution is 0.198. The van der Waals surface area contributed by atoms with Gasteiger partial charge in [-0.25, -0.2) is 0 Å². The van der Waals surface area contributed by atoms with Crippen LogP contribution in [0.1, 0.15) is 51.9 Å². The molecule has 0 bridgehead atoms. The van der Waals surface area contributed by atoms with Crippen molar-refractivity contribution < 1.29 is 4.74 Å². The molecule has 1 aliphatic carbocycles. The van der Waals surface area contributed by atoms with E-state index in [2.05, 4.69) is 6.92 Å². The Morgan fingerprint density at radius 2 is 1.42 bits per heavy atom. The second kappa shape index (κ2) is 6.47. The van der Waals surface area contributed by atoms with Crippen molar-refractivity contribution in [3.8, 4) is 0 Å². The monoisotopic (exact) mass is 170 g/mol. The molecule has 0 N–H and O–H groups in total. The van der Waals surface area contributed by atoms with Crippen LogP contribution in [-0.4, -0.2) is 13.2 Å². The molecule has 72 valence electrons. The lowest BCUT2D eigenvalue weighted by atomic mass is 9.91. The van der Waals surface area contributed by atoms with Gasteiger partial charge in [0, 0.05) is 13.2 Å². The van der Waals surface area contributed by atoms with Crippen LogP contribution in [0, 0.1) is 5.92 Å². The highest BCUT2D eigenvalue weighted by Gasteiger charge is 2.05. The Morgan fingerprint density at radius 1 is 0.833 bits per heavy atom. The number of rotatable bonds is 0. The van der Waals surface area contributed by atoms with Gasteiger partial charge in [0.05, 0.1) is 0 Å². The third kappa shape index (κ3) is 4.76. The molecule has 0 spiro atoms. The largest absolute Gasteiger partial charge is 0.381 e. The molecule has 0 aromatic rings. The van der Waals surface area contributed by atoms with Crippen LogP contribution in [0.15, 0.2) is 0 Å². The van der Waals surface area contributed by atoms with E-state index in [1.807, 2.05) is 0 Å². The second-order valence-electron chi connectivity index (χ2n) is 4.06. The van der Waals surface area contributed by atoms with E-state index in [1.165, 1.54) is 44.9 Å². The average molecular weight is 170 g/mol. The van der Waals surface area contributed by atoms with Crippen LogP contribution in [0.25, 0.3) is 0 Å². The molecule has 0 radical (unpaired) electrons. The fraction of sp³-hybridized carbons (Fsp3) is 1.00. The van der Waals surface area contributed by atoms with Crippen molar-refractivity contribution >= 4 is 0 Å². The summed E-state index contributed by atoms with van der Waals surface area (Å²) in [5.74, 6) is 1.04. The number of hydrogen-bond acceptors (Lipinski definition) is 1. The summed E-state index contributed by atoms with van der Waals surface area (Å²) in [6.45, 7) is 4.36. The molecule has 1 heterocycles. The molecular formula is C11H22O. The maximum absolute atomic E-state index is 4.94. The molecule has 2 aliphatic rings. The quantitative estimate of drug-likeness (QED) is 0.541. The smallest absolute Gasteiger partial charge is 0.0466 e. The Morgan fingerprint density at radius 3 is 1.67 bits per heavy atom. The van der Waals surface area contributed by atoms with Crippen LogP contribution in [0.4, 0.5) is 0 Å². The van der Waals surface area contributed by atoms with Crippen LogP contribution < -0.4 is 0 Å². The molecule has 1 saturated carbocycles. The summed E-state index contributed by atoms with van der Waals surface area (Å²) in [6, 6.07) is 0. The first-order valence-corrected chi connectivity index (χ1v) is 5.47. The van der Waals surface area contributed by atoms with E-state index < -0.39 is 0 Å². The maximum Gasteiger partial charge on any atom is 0.0466 e. The molecule has 2 fully saturated rings. The van der Waals surface area contributed by atoms with Gasteiger partial charge in [0.2, 0.25) is 0 Å². The van der Waals surface area contributed by atoms with E-state index in [-0.39, 0.29) is 0 Å². The second-order valence-corrected chi connectivity index (χ2v) is 4.06. The first-order chi connectivity index (χ1) is 5.89. The van der Waals surface area contributed by atoms with Gasteiger partial charge in [-0.1, -0.05) is 39.0 Å². The minimum atomic E-state index is 1.00. The van der Waals surface area contributed by atoms with Gasteiger partial charge in [0.15, 0.2) is 0 Å². The molecule has 12 heavy (non-hydrogen) atoms. The molecular weight excluding hydrogens is 148 g/mol. The van der Waals surface area contributed by atoms with Gasteiger partial charge in [-0.15, -0.1) is 0 Å². The van der Waals surface area contributed by atoms with Crippen molar-refractivity contribution in [3.05, 3.63) is 0 Å². The number of ether oxygens (including phenoxy) is 1. The molecule has 0 atom stereocenters. The van der Waals surface area contributed by atoms with Crippen molar-refractivity contribution in [3.63, 3.8) is 0 Å². The summed E-state index contributed by atoms with van der Waals surface area (Å²) < 4.78 is 4.94.